The standard InChI is InChI=1S/C24H24N2O5S/c1-3-31-24(28)21-14-7-8-15-22(21)25-23(27)17-26(19-11-9-10-18(2)16-19)32(29,30)20-12-5-4-6-13-20/h4-16H,3,17H2,1-2H3,(H,25,27). The first kappa shape index (κ1) is 23.0. The molecule has 0 fully saturated rings. The average molecular weight is 453 g/mol. The van der Waals surface area contributed by atoms with Gasteiger partial charge in [0.05, 0.1) is 28.4 Å². The maximum absolute atomic E-state index is 13.4. The SMILES string of the molecule is CCOC(=O)c1ccccc1NC(=O)CN(c1cccc(C)c1)S(=O)(=O)c1ccccc1. The van der Waals surface area contributed by atoms with Gasteiger partial charge in [-0.05, 0) is 55.8 Å². The molecule has 0 aliphatic carbocycles. The number of aryl methyl sites for hydroxylation is 1. The molecule has 3 aromatic rings. The highest BCUT2D eigenvalue weighted by molar-refractivity contribution is 7.92. The smallest absolute Gasteiger partial charge is 0.340 e. The van der Waals surface area contributed by atoms with Gasteiger partial charge >= 0.3 is 5.97 Å². The molecule has 3 rings (SSSR count). The van der Waals surface area contributed by atoms with Crippen molar-refractivity contribution in [3.8, 4) is 0 Å². The lowest BCUT2D eigenvalue weighted by molar-refractivity contribution is -0.114. The van der Waals surface area contributed by atoms with Crippen LogP contribution in [0.3, 0.4) is 0 Å². The van der Waals surface area contributed by atoms with Crippen LogP contribution in [0.2, 0.25) is 0 Å². The van der Waals surface area contributed by atoms with Gasteiger partial charge in [0.25, 0.3) is 10.0 Å². The average Bonchev–Trinajstić information content (AvgIpc) is 2.78. The summed E-state index contributed by atoms with van der Waals surface area (Å²) in [5, 5.41) is 2.64. The molecule has 0 heterocycles. The Labute approximate surface area is 187 Å². The summed E-state index contributed by atoms with van der Waals surface area (Å²) in [5.74, 6) is -1.17. The molecule has 1 N–H and O–H groups in total. The quantitative estimate of drug-likeness (QED) is 0.522. The molecule has 3 aromatic carbocycles. The Bertz CT molecular complexity index is 1210. The van der Waals surface area contributed by atoms with Crippen LogP contribution in [0.5, 0.6) is 0 Å². The molecule has 32 heavy (non-hydrogen) atoms. The Morgan fingerprint density at radius 1 is 0.938 bits per heavy atom. The zero-order chi connectivity index (χ0) is 23.1. The van der Waals surface area contributed by atoms with Crippen molar-refractivity contribution in [2.24, 2.45) is 0 Å². The molecule has 0 bridgehead atoms. The van der Waals surface area contributed by atoms with E-state index in [1.807, 2.05) is 13.0 Å². The van der Waals surface area contributed by atoms with E-state index >= 15 is 0 Å². The minimum Gasteiger partial charge on any atom is -0.462 e. The van der Waals surface area contributed by atoms with Gasteiger partial charge in [0.15, 0.2) is 0 Å². The van der Waals surface area contributed by atoms with E-state index in [1.165, 1.54) is 18.2 Å². The number of amides is 1. The second-order valence-electron chi connectivity index (χ2n) is 6.98. The maximum atomic E-state index is 13.4. The Balaban J connectivity index is 1.93. The molecule has 0 saturated carbocycles. The van der Waals surface area contributed by atoms with E-state index < -0.39 is 28.4 Å². The van der Waals surface area contributed by atoms with E-state index in [-0.39, 0.29) is 22.8 Å². The fraction of sp³-hybridized carbons (Fsp3) is 0.167. The highest BCUT2D eigenvalue weighted by Gasteiger charge is 2.27. The van der Waals surface area contributed by atoms with Crippen molar-refractivity contribution in [2.45, 2.75) is 18.7 Å². The van der Waals surface area contributed by atoms with E-state index in [9.17, 15) is 18.0 Å². The van der Waals surface area contributed by atoms with Gasteiger partial charge in [-0.1, -0.05) is 42.5 Å². The summed E-state index contributed by atoms with van der Waals surface area (Å²) in [5.41, 5.74) is 1.65. The molecule has 166 valence electrons. The number of para-hydroxylation sites is 1. The van der Waals surface area contributed by atoms with Crippen LogP contribution in [0, 0.1) is 6.92 Å². The van der Waals surface area contributed by atoms with Gasteiger partial charge in [-0.25, -0.2) is 13.2 Å². The van der Waals surface area contributed by atoms with Crippen LogP contribution >= 0.6 is 0 Å². The van der Waals surface area contributed by atoms with E-state index in [1.54, 1.807) is 61.5 Å². The minimum absolute atomic E-state index is 0.0706. The van der Waals surface area contributed by atoms with Crippen molar-refractivity contribution in [3.63, 3.8) is 0 Å². The van der Waals surface area contributed by atoms with Crippen LogP contribution in [0.1, 0.15) is 22.8 Å². The third-order valence-corrected chi connectivity index (χ3v) is 6.39. The topological polar surface area (TPSA) is 92.8 Å². The molecule has 8 heteroatoms. The highest BCUT2D eigenvalue weighted by atomic mass is 32.2. The number of benzene rings is 3. The van der Waals surface area contributed by atoms with Crippen molar-refractivity contribution in [1.82, 2.24) is 0 Å². The fourth-order valence-corrected chi connectivity index (χ4v) is 4.55. The molecule has 0 saturated heterocycles. The van der Waals surface area contributed by atoms with Gasteiger partial charge in [-0.3, -0.25) is 9.10 Å². The number of hydrogen-bond acceptors (Lipinski definition) is 5. The normalized spacial score (nSPS) is 10.9. The van der Waals surface area contributed by atoms with Crippen LogP contribution < -0.4 is 9.62 Å². The molecule has 0 unspecified atom stereocenters. The first-order chi connectivity index (χ1) is 15.3. The molecule has 7 nitrogen and oxygen atoms in total. The van der Waals surface area contributed by atoms with E-state index in [0.717, 1.165) is 9.87 Å². The number of ether oxygens (including phenoxy) is 1. The number of nitrogens with zero attached hydrogens (tertiary/aromatic N) is 1. The molecule has 0 aliphatic rings. The van der Waals surface area contributed by atoms with Gasteiger partial charge in [0.1, 0.15) is 6.54 Å². The predicted octanol–water partition coefficient (Wildman–Crippen LogP) is 4.01. The zero-order valence-electron chi connectivity index (χ0n) is 17.8. The lowest BCUT2D eigenvalue weighted by Gasteiger charge is -2.24. The lowest BCUT2D eigenvalue weighted by atomic mass is 10.2. The zero-order valence-corrected chi connectivity index (χ0v) is 18.6. The van der Waals surface area contributed by atoms with Crippen molar-refractivity contribution >= 4 is 33.3 Å². The number of nitrogens with one attached hydrogen (secondary N) is 1. The van der Waals surface area contributed by atoms with Crippen LogP contribution in [-0.4, -0.2) is 33.4 Å². The van der Waals surface area contributed by atoms with E-state index in [0.29, 0.717) is 5.69 Å². The van der Waals surface area contributed by atoms with Crippen LogP contribution in [0.15, 0.2) is 83.8 Å². The van der Waals surface area contributed by atoms with Gasteiger partial charge in [-0.2, -0.15) is 0 Å². The minimum atomic E-state index is -4.01. The van der Waals surface area contributed by atoms with Gasteiger partial charge in [0.2, 0.25) is 5.91 Å². The summed E-state index contributed by atoms with van der Waals surface area (Å²) in [6, 6.07) is 21.2. The van der Waals surface area contributed by atoms with Gasteiger partial charge < -0.3 is 10.1 Å². The van der Waals surface area contributed by atoms with E-state index in [2.05, 4.69) is 5.32 Å². The molecule has 0 aliphatic heterocycles. The van der Waals surface area contributed by atoms with Crippen LogP contribution in [0.4, 0.5) is 11.4 Å². The number of rotatable bonds is 8. The number of sulfonamides is 1. The fourth-order valence-electron chi connectivity index (χ4n) is 3.12. The maximum Gasteiger partial charge on any atom is 0.340 e. The summed E-state index contributed by atoms with van der Waals surface area (Å²) in [6.07, 6.45) is 0. The largest absolute Gasteiger partial charge is 0.462 e. The second kappa shape index (κ2) is 10.1. The summed E-state index contributed by atoms with van der Waals surface area (Å²) < 4.78 is 32.8. The highest BCUT2D eigenvalue weighted by Crippen LogP contribution is 2.25. The number of carbonyl (C=O) groups excluding carboxylic acids is 2. The number of esters is 1. The Morgan fingerprint density at radius 2 is 1.62 bits per heavy atom. The molecule has 0 spiro atoms. The number of hydrogen-bond donors (Lipinski definition) is 1. The summed E-state index contributed by atoms with van der Waals surface area (Å²) in [4.78, 5) is 25.2. The molecular weight excluding hydrogens is 428 g/mol. The molecular formula is C24H24N2O5S. The van der Waals surface area contributed by atoms with Crippen molar-refractivity contribution < 1.29 is 22.7 Å². The van der Waals surface area contributed by atoms with Gasteiger partial charge in [0, 0.05) is 0 Å². The molecule has 0 radical (unpaired) electrons. The summed E-state index contributed by atoms with van der Waals surface area (Å²) in [7, 11) is -4.01. The Morgan fingerprint density at radius 3 is 2.31 bits per heavy atom. The molecule has 0 atom stereocenters. The summed E-state index contributed by atoms with van der Waals surface area (Å²) in [6.45, 7) is 3.25. The first-order valence-electron chi connectivity index (χ1n) is 10.0. The Kier molecular flexibility index (Phi) is 7.27. The van der Waals surface area contributed by atoms with Crippen LogP contribution in [-0.2, 0) is 19.6 Å². The number of anilines is 2. The third kappa shape index (κ3) is 5.33. The van der Waals surface area contributed by atoms with Crippen molar-refractivity contribution in [1.29, 1.82) is 0 Å². The Hall–Kier alpha value is -3.65. The summed E-state index contributed by atoms with van der Waals surface area (Å²) >= 11 is 0. The third-order valence-electron chi connectivity index (χ3n) is 4.60. The second-order valence-corrected chi connectivity index (χ2v) is 8.84. The van der Waals surface area contributed by atoms with E-state index in [4.69, 9.17) is 4.74 Å². The predicted molar refractivity (Wildman–Crippen MR) is 123 cm³/mol. The van der Waals surface area contributed by atoms with Crippen molar-refractivity contribution in [2.75, 3.05) is 22.8 Å². The van der Waals surface area contributed by atoms with Gasteiger partial charge in [-0.15, -0.1) is 0 Å². The van der Waals surface area contributed by atoms with Crippen LogP contribution in [0.25, 0.3) is 0 Å². The van der Waals surface area contributed by atoms with Crippen molar-refractivity contribution in [3.05, 3.63) is 90.0 Å². The number of carbonyl (C=O) groups is 2. The monoisotopic (exact) mass is 452 g/mol. The molecule has 1 amide bonds. The molecule has 0 aromatic heterocycles. The first-order valence-corrected chi connectivity index (χ1v) is 11.5. The lowest BCUT2D eigenvalue weighted by Crippen LogP contribution is -2.38.